The Hall–Kier alpha value is -1.33. The first-order chi connectivity index (χ1) is 9.78. The van der Waals surface area contributed by atoms with Crippen molar-refractivity contribution >= 4 is 11.3 Å². The van der Waals surface area contributed by atoms with Gasteiger partial charge in [0.2, 0.25) is 0 Å². The van der Waals surface area contributed by atoms with Crippen molar-refractivity contribution in [2.75, 3.05) is 13.7 Å². The third-order valence-electron chi connectivity index (χ3n) is 3.34. The van der Waals surface area contributed by atoms with E-state index in [2.05, 4.69) is 40.2 Å². The number of imidazole rings is 1. The van der Waals surface area contributed by atoms with Gasteiger partial charge in [-0.15, -0.1) is 11.3 Å². The third-order valence-corrected chi connectivity index (χ3v) is 4.37. The second kappa shape index (κ2) is 7.45. The third kappa shape index (κ3) is 3.61. The van der Waals surface area contributed by atoms with Gasteiger partial charge in [-0.2, -0.15) is 0 Å². The quantitative estimate of drug-likeness (QED) is 0.812. The molecule has 2 rings (SSSR count). The highest BCUT2D eigenvalue weighted by molar-refractivity contribution is 7.10. The summed E-state index contributed by atoms with van der Waals surface area (Å²) in [7, 11) is 1.71. The molecule has 0 aliphatic rings. The largest absolute Gasteiger partial charge is 0.496 e. The topological polar surface area (TPSA) is 39.1 Å². The van der Waals surface area contributed by atoms with E-state index < -0.39 is 0 Å². The number of nitrogens with zero attached hydrogens (tertiary/aromatic N) is 2. The Labute approximate surface area is 124 Å². The van der Waals surface area contributed by atoms with Crippen LogP contribution < -0.4 is 10.1 Å². The molecule has 0 radical (unpaired) electrons. The van der Waals surface area contributed by atoms with Gasteiger partial charge in [-0.3, -0.25) is 0 Å². The fourth-order valence-electron chi connectivity index (χ4n) is 2.22. The van der Waals surface area contributed by atoms with Crippen LogP contribution in [-0.4, -0.2) is 23.2 Å². The normalized spacial score (nSPS) is 12.6. The van der Waals surface area contributed by atoms with Crippen molar-refractivity contribution in [3.05, 3.63) is 34.5 Å². The Balaban J connectivity index is 2.14. The predicted octanol–water partition coefficient (Wildman–Crippen LogP) is 3.26. The molecule has 0 saturated carbocycles. The lowest BCUT2D eigenvalue weighted by Gasteiger charge is -2.17. The van der Waals surface area contributed by atoms with Crippen LogP contribution in [0.2, 0.25) is 0 Å². The molecule has 1 N–H and O–H groups in total. The van der Waals surface area contributed by atoms with E-state index in [1.54, 1.807) is 18.4 Å². The van der Waals surface area contributed by atoms with Crippen molar-refractivity contribution in [3.8, 4) is 5.75 Å². The number of methoxy groups -OCH3 is 1. The summed E-state index contributed by atoms with van der Waals surface area (Å²) < 4.78 is 7.49. The van der Waals surface area contributed by atoms with Crippen LogP contribution in [0.5, 0.6) is 5.75 Å². The van der Waals surface area contributed by atoms with Crippen molar-refractivity contribution < 1.29 is 4.74 Å². The van der Waals surface area contributed by atoms with E-state index in [0.717, 1.165) is 37.5 Å². The Morgan fingerprint density at radius 2 is 2.30 bits per heavy atom. The van der Waals surface area contributed by atoms with Gasteiger partial charge in [0.25, 0.3) is 0 Å². The minimum absolute atomic E-state index is 0.302. The zero-order valence-electron chi connectivity index (χ0n) is 12.4. The minimum atomic E-state index is 0.302. The number of aromatic nitrogens is 2. The van der Waals surface area contributed by atoms with Crippen LogP contribution in [0.4, 0.5) is 0 Å². The second-order valence-corrected chi connectivity index (χ2v) is 5.67. The summed E-state index contributed by atoms with van der Waals surface area (Å²) in [4.78, 5) is 5.79. The van der Waals surface area contributed by atoms with Crippen LogP contribution in [0.15, 0.2) is 23.8 Å². The SMILES string of the molecule is CCCNC(Cc1nccn1CC)c1cc(OC)cs1. The minimum Gasteiger partial charge on any atom is -0.496 e. The van der Waals surface area contributed by atoms with Crippen molar-refractivity contribution in [3.63, 3.8) is 0 Å². The van der Waals surface area contributed by atoms with E-state index >= 15 is 0 Å². The standard InChI is InChI=1S/C15H23N3OS/c1-4-6-16-13(14-9-12(19-3)11-20-14)10-15-17-7-8-18(15)5-2/h7-9,11,13,16H,4-6,10H2,1-3H3. The number of hydrogen-bond donors (Lipinski definition) is 1. The number of thiophene rings is 1. The molecular weight excluding hydrogens is 270 g/mol. The summed E-state index contributed by atoms with van der Waals surface area (Å²) in [5.41, 5.74) is 0. The lowest BCUT2D eigenvalue weighted by atomic mass is 10.1. The number of rotatable bonds is 8. The second-order valence-electron chi connectivity index (χ2n) is 4.73. The first-order valence-corrected chi connectivity index (χ1v) is 8.02. The van der Waals surface area contributed by atoms with Gasteiger partial charge >= 0.3 is 0 Å². The smallest absolute Gasteiger partial charge is 0.129 e. The molecule has 4 nitrogen and oxygen atoms in total. The van der Waals surface area contributed by atoms with Crippen LogP contribution in [0, 0.1) is 0 Å². The Bertz CT molecular complexity index is 521. The number of ether oxygens (including phenoxy) is 1. The van der Waals surface area contributed by atoms with Gasteiger partial charge < -0.3 is 14.6 Å². The summed E-state index contributed by atoms with van der Waals surface area (Å²) in [6.07, 6.45) is 5.96. The van der Waals surface area contributed by atoms with E-state index in [1.165, 1.54) is 4.88 Å². The first-order valence-electron chi connectivity index (χ1n) is 7.14. The van der Waals surface area contributed by atoms with Crippen LogP contribution in [-0.2, 0) is 13.0 Å². The average molecular weight is 293 g/mol. The monoisotopic (exact) mass is 293 g/mol. The zero-order valence-corrected chi connectivity index (χ0v) is 13.2. The van der Waals surface area contributed by atoms with Gasteiger partial charge in [-0.05, 0) is 26.0 Å². The first kappa shape index (κ1) is 15.1. The number of nitrogens with one attached hydrogen (secondary N) is 1. The van der Waals surface area contributed by atoms with Gasteiger partial charge in [0.05, 0.1) is 7.11 Å². The Kier molecular flexibility index (Phi) is 5.61. The maximum Gasteiger partial charge on any atom is 0.129 e. The van der Waals surface area contributed by atoms with Gasteiger partial charge in [-0.25, -0.2) is 4.98 Å². The van der Waals surface area contributed by atoms with Crippen molar-refractivity contribution in [2.45, 2.75) is 39.3 Å². The Morgan fingerprint density at radius 1 is 1.45 bits per heavy atom. The highest BCUT2D eigenvalue weighted by Crippen LogP contribution is 2.28. The van der Waals surface area contributed by atoms with Gasteiger partial charge in [0, 0.05) is 41.7 Å². The van der Waals surface area contributed by atoms with E-state index in [4.69, 9.17) is 4.74 Å². The fraction of sp³-hybridized carbons (Fsp3) is 0.533. The van der Waals surface area contributed by atoms with E-state index in [9.17, 15) is 0 Å². The molecule has 20 heavy (non-hydrogen) atoms. The van der Waals surface area contributed by atoms with Gasteiger partial charge in [-0.1, -0.05) is 6.92 Å². The lowest BCUT2D eigenvalue weighted by Crippen LogP contribution is -2.24. The number of aryl methyl sites for hydroxylation is 1. The molecule has 1 unspecified atom stereocenters. The molecule has 0 aromatic carbocycles. The lowest BCUT2D eigenvalue weighted by molar-refractivity contribution is 0.415. The summed E-state index contributed by atoms with van der Waals surface area (Å²) >= 11 is 1.74. The van der Waals surface area contributed by atoms with E-state index in [-0.39, 0.29) is 0 Å². The van der Waals surface area contributed by atoms with Gasteiger partial charge in [0.15, 0.2) is 0 Å². The summed E-state index contributed by atoms with van der Waals surface area (Å²) in [6.45, 7) is 6.31. The van der Waals surface area contributed by atoms with Crippen molar-refractivity contribution in [2.24, 2.45) is 0 Å². The maximum absolute atomic E-state index is 5.29. The van der Waals surface area contributed by atoms with Crippen LogP contribution >= 0.6 is 11.3 Å². The zero-order chi connectivity index (χ0) is 14.4. The van der Waals surface area contributed by atoms with Crippen LogP contribution in [0.1, 0.15) is 37.0 Å². The summed E-state index contributed by atoms with van der Waals surface area (Å²) in [6, 6.07) is 2.42. The molecule has 0 spiro atoms. The van der Waals surface area contributed by atoms with E-state index in [1.807, 2.05) is 12.4 Å². The molecule has 0 bridgehead atoms. The molecule has 5 heteroatoms. The summed E-state index contributed by atoms with van der Waals surface area (Å²) in [5, 5.41) is 5.67. The average Bonchev–Trinajstić information content (AvgIpc) is 3.11. The van der Waals surface area contributed by atoms with Crippen molar-refractivity contribution in [1.29, 1.82) is 0 Å². The molecule has 110 valence electrons. The molecule has 2 aromatic heterocycles. The molecular formula is C15H23N3OS. The van der Waals surface area contributed by atoms with Gasteiger partial charge in [0.1, 0.15) is 11.6 Å². The molecule has 2 aromatic rings. The number of hydrogen-bond acceptors (Lipinski definition) is 4. The Morgan fingerprint density at radius 3 is 2.95 bits per heavy atom. The molecule has 0 fully saturated rings. The molecule has 0 amide bonds. The van der Waals surface area contributed by atoms with Crippen LogP contribution in [0.25, 0.3) is 0 Å². The van der Waals surface area contributed by atoms with Crippen LogP contribution in [0.3, 0.4) is 0 Å². The molecule has 1 atom stereocenters. The summed E-state index contributed by atoms with van der Waals surface area (Å²) in [5.74, 6) is 2.07. The molecule has 0 aliphatic carbocycles. The molecule has 2 heterocycles. The molecule has 0 aliphatic heterocycles. The highest BCUT2D eigenvalue weighted by Gasteiger charge is 2.16. The fourth-order valence-corrected chi connectivity index (χ4v) is 3.15. The maximum atomic E-state index is 5.29. The van der Waals surface area contributed by atoms with Crippen molar-refractivity contribution in [1.82, 2.24) is 14.9 Å². The van der Waals surface area contributed by atoms with E-state index in [0.29, 0.717) is 6.04 Å². The predicted molar refractivity (Wildman–Crippen MR) is 83.5 cm³/mol. The highest BCUT2D eigenvalue weighted by atomic mass is 32.1. The molecule has 0 saturated heterocycles.